The van der Waals surface area contributed by atoms with Gasteiger partial charge < -0.3 is 10.2 Å². The van der Waals surface area contributed by atoms with E-state index in [1.54, 1.807) is 37.1 Å². The maximum Gasteiger partial charge on any atom is 0.243 e. The first-order valence-corrected chi connectivity index (χ1v) is 12.4. The number of amides is 2. The quantitative estimate of drug-likeness (QED) is 0.543. The summed E-state index contributed by atoms with van der Waals surface area (Å²) in [6, 6.07) is 6.28. The van der Waals surface area contributed by atoms with Crippen LogP contribution in [0.2, 0.25) is 0 Å². The van der Waals surface area contributed by atoms with Gasteiger partial charge in [-0.2, -0.15) is 9.40 Å². The van der Waals surface area contributed by atoms with E-state index in [0.717, 1.165) is 12.0 Å². The third kappa shape index (κ3) is 5.36. The Kier molecular flexibility index (Phi) is 7.68. The Morgan fingerprint density at radius 2 is 1.91 bits per heavy atom. The molecule has 0 saturated carbocycles. The van der Waals surface area contributed by atoms with Crippen LogP contribution in [-0.4, -0.2) is 60.5 Å². The predicted molar refractivity (Wildman–Crippen MR) is 122 cm³/mol. The van der Waals surface area contributed by atoms with E-state index in [4.69, 9.17) is 0 Å². The van der Waals surface area contributed by atoms with Crippen LogP contribution < -0.4 is 10.2 Å². The van der Waals surface area contributed by atoms with Crippen molar-refractivity contribution in [1.82, 2.24) is 19.4 Å². The Bertz CT molecular complexity index is 1040. The molecule has 10 heteroatoms. The molecule has 0 spiro atoms. The van der Waals surface area contributed by atoms with Crippen molar-refractivity contribution in [3.8, 4) is 0 Å². The molecule has 2 amide bonds. The molecule has 2 heterocycles. The van der Waals surface area contributed by atoms with Crippen molar-refractivity contribution in [2.45, 2.75) is 45.1 Å². The summed E-state index contributed by atoms with van der Waals surface area (Å²) in [6.45, 7) is 7.86. The summed E-state index contributed by atoms with van der Waals surface area (Å²) in [5.74, 6) is -0.705. The summed E-state index contributed by atoms with van der Waals surface area (Å²) in [5, 5.41) is 7.12. The molecule has 0 aliphatic carbocycles. The zero-order chi connectivity index (χ0) is 23.3. The van der Waals surface area contributed by atoms with Crippen LogP contribution in [0.25, 0.3) is 0 Å². The van der Waals surface area contributed by atoms with Gasteiger partial charge >= 0.3 is 0 Å². The third-order valence-electron chi connectivity index (χ3n) is 5.61. The van der Waals surface area contributed by atoms with Crippen LogP contribution in [0.15, 0.2) is 41.6 Å². The van der Waals surface area contributed by atoms with Gasteiger partial charge in [-0.25, -0.2) is 8.42 Å². The molecule has 32 heavy (non-hydrogen) atoms. The monoisotopic (exact) mass is 461 g/mol. The first-order valence-electron chi connectivity index (χ1n) is 10.9. The number of aryl methyl sites for hydroxylation is 2. The number of hydrogen-bond acceptors (Lipinski definition) is 5. The summed E-state index contributed by atoms with van der Waals surface area (Å²) < 4.78 is 28.5. The number of nitrogens with one attached hydrogen (secondary N) is 1. The van der Waals surface area contributed by atoms with Crippen LogP contribution >= 0.6 is 0 Å². The van der Waals surface area contributed by atoms with Crippen LogP contribution in [0.3, 0.4) is 0 Å². The average Bonchev–Trinajstić information content (AvgIpc) is 3.37. The fourth-order valence-electron chi connectivity index (χ4n) is 3.83. The fraction of sp³-hybridized carbons (Fsp3) is 0.500. The number of hydrogen-bond donors (Lipinski definition) is 1. The van der Waals surface area contributed by atoms with E-state index in [2.05, 4.69) is 10.4 Å². The first kappa shape index (κ1) is 23.9. The van der Waals surface area contributed by atoms with E-state index in [0.29, 0.717) is 31.9 Å². The van der Waals surface area contributed by atoms with Crippen molar-refractivity contribution in [1.29, 1.82) is 0 Å². The van der Waals surface area contributed by atoms with Crippen molar-refractivity contribution in [3.63, 3.8) is 0 Å². The third-order valence-corrected chi connectivity index (χ3v) is 7.68. The van der Waals surface area contributed by atoms with Gasteiger partial charge in [-0.1, -0.05) is 13.8 Å². The van der Waals surface area contributed by atoms with Gasteiger partial charge in [-0.3, -0.25) is 14.3 Å². The standard InChI is InChI=1S/C22H31N5O4S/c1-4-26(5-2)32(30,31)20-9-7-19(8-10-20)27-16-18(13-21(27)28)22(29)23-11-6-12-25-15-17(3)14-24-25/h7-10,14-15,18H,4-6,11-13,16H2,1-3H3,(H,23,29). The largest absolute Gasteiger partial charge is 0.356 e. The molecule has 1 N–H and O–H groups in total. The summed E-state index contributed by atoms with van der Waals surface area (Å²) in [6.07, 6.45) is 4.64. The maximum absolute atomic E-state index is 12.6. The van der Waals surface area contributed by atoms with Crippen molar-refractivity contribution >= 4 is 27.5 Å². The van der Waals surface area contributed by atoms with Gasteiger partial charge in [-0.05, 0) is 43.2 Å². The molecule has 1 unspecified atom stereocenters. The normalized spacial score (nSPS) is 16.7. The molecule has 9 nitrogen and oxygen atoms in total. The van der Waals surface area contributed by atoms with Crippen LogP contribution in [0.1, 0.15) is 32.3 Å². The van der Waals surface area contributed by atoms with Crippen LogP contribution in [0.5, 0.6) is 0 Å². The van der Waals surface area contributed by atoms with Gasteiger partial charge in [0.2, 0.25) is 21.8 Å². The Labute approximate surface area is 189 Å². The summed E-state index contributed by atoms with van der Waals surface area (Å²) in [7, 11) is -3.55. The SMILES string of the molecule is CCN(CC)S(=O)(=O)c1ccc(N2CC(C(=O)NCCCn3cc(C)cn3)CC2=O)cc1. The van der Waals surface area contributed by atoms with Gasteiger partial charge in [0.1, 0.15) is 0 Å². The molecule has 1 aromatic carbocycles. The van der Waals surface area contributed by atoms with Gasteiger partial charge in [0.15, 0.2) is 0 Å². The lowest BCUT2D eigenvalue weighted by atomic mass is 10.1. The highest BCUT2D eigenvalue weighted by Crippen LogP contribution is 2.27. The molecule has 1 saturated heterocycles. The topological polar surface area (TPSA) is 105 Å². The van der Waals surface area contributed by atoms with Crippen LogP contribution in [0.4, 0.5) is 5.69 Å². The minimum absolute atomic E-state index is 0.141. The molecule has 0 bridgehead atoms. The van der Waals surface area contributed by atoms with E-state index < -0.39 is 15.9 Å². The van der Waals surface area contributed by atoms with Gasteiger partial charge in [0, 0.05) is 51.0 Å². The van der Waals surface area contributed by atoms with Crippen molar-refractivity contribution in [2.75, 3.05) is 31.1 Å². The lowest BCUT2D eigenvalue weighted by molar-refractivity contribution is -0.126. The molecule has 174 valence electrons. The molecule has 1 aliphatic heterocycles. The van der Waals surface area contributed by atoms with E-state index >= 15 is 0 Å². The second-order valence-corrected chi connectivity index (χ2v) is 9.85. The minimum Gasteiger partial charge on any atom is -0.356 e. The van der Waals surface area contributed by atoms with E-state index in [9.17, 15) is 18.0 Å². The van der Waals surface area contributed by atoms with E-state index in [-0.39, 0.29) is 29.7 Å². The summed E-state index contributed by atoms with van der Waals surface area (Å²) in [5.41, 5.74) is 1.69. The Balaban J connectivity index is 1.55. The summed E-state index contributed by atoms with van der Waals surface area (Å²) in [4.78, 5) is 26.7. The average molecular weight is 462 g/mol. The lowest BCUT2D eigenvalue weighted by Gasteiger charge is -2.20. The van der Waals surface area contributed by atoms with E-state index in [1.165, 1.54) is 16.4 Å². The number of sulfonamides is 1. The Hall–Kier alpha value is -2.72. The molecule has 1 aliphatic rings. The minimum atomic E-state index is -3.55. The van der Waals surface area contributed by atoms with Crippen molar-refractivity contribution in [3.05, 3.63) is 42.2 Å². The van der Waals surface area contributed by atoms with Gasteiger partial charge in [-0.15, -0.1) is 0 Å². The molecular formula is C22H31N5O4S. The smallest absolute Gasteiger partial charge is 0.243 e. The number of carbonyl (C=O) groups excluding carboxylic acids is 2. The van der Waals surface area contributed by atoms with Crippen molar-refractivity contribution < 1.29 is 18.0 Å². The lowest BCUT2D eigenvalue weighted by Crippen LogP contribution is -2.34. The van der Waals surface area contributed by atoms with Gasteiger partial charge in [0.05, 0.1) is 17.0 Å². The maximum atomic E-state index is 12.6. The fourth-order valence-corrected chi connectivity index (χ4v) is 5.29. The molecule has 1 aromatic heterocycles. The Morgan fingerprint density at radius 3 is 2.50 bits per heavy atom. The highest BCUT2D eigenvalue weighted by atomic mass is 32.2. The molecule has 0 radical (unpaired) electrons. The number of benzene rings is 1. The zero-order valence-corrected chi connectivity index (χ0v) is 19.6. The van der Waals surface area contributed by atoms with E-state index in [1.807, 2.05) is 17.8 Å². The molecule has 2 aromatic rings. The number of nitrogens with zero attached hydrogens (tertiary/aromatic N) is 4. The van der Waals surface area contributed by atoms with Crippen LogP contribution in [0, 0.1) is 12.8 Å². The first-order chi connectivity index (χ1) is 15.3. The predicted octanol–water partition coefficient (Wildman–Crippen LogP) is 1.78. The number of rotatable bonds is 10. The molecule has 1 fully saturated rings. The zero-order valence-electron chi connectivity index (χ0n) is 18.8. The number of aromatic nitrogens is 2. The summed E-state index contributed by atoms with van der Waals surface area (Å²) >= 11 is 0. The Morgan fingerprint density at radius 1 is 1.22 bits per heavy atom. The second kappa shape index (κ2) is 10.3. The molecule has 1 atom stereocenters. The van der Waals surface area contributed by atoms with Crippen LogP contribution in [-0.2, 0) is 26.2 Å². The second-order valence-electron chi connectivity index (χ2n) is 7.91. The molecule has 3 rings (SSSR count). The number of anilines is 1. The highest BCUT2D eigenvalue weighted by Gasteiger charge is 2.35. The number of carbonyl (C=O) groups is 2. The highest BCUT2D eigenvalue weighted by molar-refractivity contribution is 7.89. The van der Waals surface area contributed by atoms with Crippen molar-refractivity contribution in [2.24, 2.45) is 5.92 Å². The van der Waals surface area contributed by atoms with Gasteiger partial charge in [0.25, 0.3) is 0 Å². The molecular weight excluding hydrogens is 430 g/mol.